The third-order valence-electron chi connectivity index (χ3n) is 4.62. The average molecular weight is 437 g/mol. The van der Waals surface area contributed by atoms with Gasteiger partial charge in [0.05, 0.1) is 16.4 Å². The van der Waals surface area contributed by atoms with E-state index in [-0.39, 0.29) is 5.91 Å². The number of nitrogens with zero attached hydrogens (tertiary/aromatic N) is 4. The number of benzene rings is 1. The molecule has 1 amide bonds. The first kappa shape index (κ1) is 19.4. The minimum atomic E-state index is -0.0686. The van der Waals surface area contributed by atoms with Crippen LogP contribution in [0.4, 0.5) is 0 Å². The van der Waals surface area contributed by atoms with Crippen molar-refractivity contribution in [2.24, 2.45) is 0 Å². The number of hydrogen-bond acceptors (Lipinski definition) is 6. The molecule has 146 valence electrons. The lowest BCUT2D eigenvalue weighted by atomic mass is 10.2. The molecule has 4 rings (SSSR count). The number of thiophene rings is 1. The van der Waals surface area contributed by atoms with Crippen LogP contribution in [0.15, 0.2) is 40.9 Å². The van der Waals surface area contributed by atoms with Crippen LogP contribution >= 0.6 is 34.5 Å². The third kappa shape index (κ3) is 4.38. The summed E-state index contributed by atoms with van der Waals surface area (Å²) >= 11 is 13.3. The molecule has 1 aromatic carbocycles. The van der Waals surface area contributed by atoms with E-state index < -0.39 is 0 Å². The molecule has 2 aromatic heterocycles. The molecule has 0 saturated carbocycles. The van der Waals surface area contributed by atoms with E-state index >= 15 is 0 Å². The first-order valence-electron chi connectivity index (χ1n) is 8.94. The van der Waals surface area contributed by atoms with Crippen molar-refractivity contribution in [3.05, 3.63) is 56.5 Å². The molecular formula is C19H18Cl2N4O2S. The maximum absolute atomic E-state index is 12.7. The third-order valence-corrected chi connectivity index (χ3v) is 6.10. The SMILES string of the molecule is O=C(c1cc(Cl)sc1Cl)N1CCCN(Cc2noc(-c3ccccc3)n2)CC1. The quantitative estimate of drug-likeness (QED) is 0.604. The highest BCUT2D eigenvalue weighted by Gasteiger charge is 2.24. The van der Waals surface area contributed by atoms with Crippen LogP contribution in [0.25, 0.3) is 11.5 Å². The van der Waals surface area contributed by atoms with Crippen LogP contribution in [-0.2, 0) is 6.54 Å². The Kier molecular flexibility index (Phi) is 5.96. The van der Waals surface area contributed by atoms with Gasteiger partial charge in [-0.1, -0.05) is 46.6 Å². The van der Waals surface area contributed by atoms with Gasteiger partial charge in [-0.25, -0.2) is 0 Å². The van der Waals surface area contributed by atoms with Gasteiger partial charge in [0.1, 0.15) is 4.34 Å². The molecule has 1 aliphatic rings. The zero-order chi connectivity index (χ0) is 19.5. The van der Waals surface area contributed by atoms with Gasteiger partial charge >= 0.3 is 0 Å². The summed E-state index contributed by atoms with van der Waals surface area (Å²) in [4.78, 5) is 21.3. The van der Waals surface area contributed by atoms with Gasteiger partial charge in [0.2, 0.25) is 0 Å². The maximum Gasteiger partial charge on any atom is 0.257 e. The van der Waals surface area contributed by atoms with Crippen molar-refractivity contribution < 1.29 is 9.32 Å². The summed E-state index contributed by atoms with van der Waals surface area (Å²) in [6.45, 7) is 3.48. The summed E-state index contributed by atoms with van der Waals surface area (Å²) < 4.78 is 6.34. The second-order valence-electron chi connectivity index (χ2n) is 6.54. The van der Waals surface area contributed by atoms with E-state index in [1.54, 1.807) is 6.07 Å². The van der Waals surface area contributed by atoms with Crippen LogP contribution in [0.5, 0.6) is 0 Å². The summed E-state index contributed by atoms with van der Waals surface area (Å²) in [7, 11) is 0. The second-order valence-corrected chi connectivity index (χ2v) is 8.83. The van der Waals surface area contributed by atoms with E-state index in [0.29, 0.717) is 45.6 Å². The molecule has 1 saturated heterocycles. The molecular weight excluding hydrogens is 419 g/mol. The molecule has 0 spiro atoms. The van der Waals surface area contributed by atoms with Crippen molar-refractivity contribution >= 4 is 40.4 Å². The predicted octanol–water partition coefficient (Wildman–Crippen LogP) is 4.45. The Morgan fingerprint density at radius 2 is 1.96 bits per heavy atom. The summed E-state index contributed by atoms with van der Waals surface area (Å²) in [5, 5.41) is 4.09. The molecule has 1 fully saturated rings. The van der Waals surface area contributed by atoms with Crippen LogP contribution in [-0.4, -0.2) is 52.0 Å². The molecule has 0 unspecified atom stereocenters. The predicted molar refractivity (Wildman–Crippen MR) is 110 cm³/mol. The molecule has 3 heterocycles. The zero-order valence-electron chi connectivity index (χ0n) is 15.0. The van der Waals surface area contributed by atoms with Gasteiger partial charge in [0, 0.05) is 31.7 Å². The zero-order valence-corrected chi connectivity index (χ0v) is 17.3. The van der Waals surface area contributed by atoms with E-state index in [4.69, 9.17) is 27.7 Å². The molecule has 1 aliphatic heterocycles. The minimum absolute atomic E-state index is 0.0686. The van der Waals surface area contributed by atoms with Crippen LogP contribution in [0.3, 0.4) is 0 Å². The highest BCUT2D eigenvalue weighted by Crippen LogP contribution is 2.32. The molecule has 0 bridgehead atoms. The number of aromatic nitrogens is 2. The van der Waals surface area contributed by atoms with Crippen molar-refractivity contribution in [3.8, 4) is 11.5 Å². The Balaban J connectivity index is 1.37. The van der Waals surface area contributed by atoms with E-state index in [2.05, 4.69) is 15.0 Å². The van der Waals surface area contributed by atoms with Gasteiger partial charge < -0.3 is 9.42 Å². The minimum Gasteiger partial charge on any atom is -0.337 e. The Bertz CT molecular complexity index is 960. The number of rotatable bonds is 4. The Morgan fingerprint density at radius 3 is 2.71 bits per heavy atom. The molecule has 6 nitrogen and oxygen atoms in total. The first-order valence-corrected chi connectivity index (χ1v) is 10.5. The molecule has 0 N–H and O–H groups in total. The molecule has 9 heteroatoms. The van der Waals surface area contributed by atoms with Crippen molar-refractivity contribution in [1.29, 1.82) is 0 Å². The van der Waals surface area contributed by atoms with Crippen molar-refractivity contribution in [3.63, 3.8) is 0 Å². The van der Waals surface area contributed by atoms with E-state index in [9.17, 15) is 4.79 Å². The number of hydrogen-bond donors (Lipinski definition) is 0. The van der Waals surface area contributed by atoms with Crippen molar-refractivity contribution in [1.82, 2.24) is 19.9 Å². The van der Waals surface area contributed by atoms with Gasteiger partial charge in [-0.05, 0) is 24.6 Å². The Labute approximate surface area is 176 Å². The van der Waals surface area contributed by atoms with Crippen LogP contribution in [0, 0.1) is 0 Å². The highest BCUT2D eigenvalue weighted by molar-refractivity contribution is 7.20. The summed E-state index contributed by atoms with van der Waals surface area (Å²) in [5.41, 5.74) is 1.39. The van der Waals surface area contributed by atoms with Crippen molar-refractivity contribution in [2.45, 2.75) is 13.0 Å². The highest BCUT2D eigenvalue weighted by atomic mass is 35.5. The monoisotopic (exact) mass is 436 g/mol. The topological polar surface area (TPSA) is 62.5 Å². The first-order chi connectivity index (χ1) is 13.6. The van der Waals surface area contributed by atoms with Gasteiger partial charge in [-0.2, -0.15) is 4.98 Å². The van der Waals surface area contributed by atoms with E-state index in [1.165, 1.54) is 11.3 Å². The smallest absolute Gasteiger partial charge is 0.257 e. The second kappa shape index (κ2) is 8.61. The molecule has 28 heavy (non-hydrogen) atoms. The summed E-state index contributed by atoms with van der Waals surface area (Å²) in [5.74, 6) is 1.10. The average Bonchev–Trinajstić information content (AvgIpc) is 3.21. The number of carbonyl (C=O) groups excluding carboxylic acids is 1. The van der Waals surface area contributed by atoms with Crippen LogP contribution in [0.1, 0.15) is 22.6 Å². The molecule has 3 aromatic rings. The maximum atomic E-state index is 12.7. The molecule has 0 radical (unpaired) electrons. The summed E-state index contributed by atoms with van der Waals surface area (Å²) in [6.07, 6.45) is 0.866. The largest absolute Gasteiger partial charge is 0.337 e. The summed E-state index contributed by atoms with van der Waals surface area (Å²) in [6, 6.07) is 11.3. The van der Waals surface area contributed by atoms with Gasteiger partial charge in [-0.3, -0.25) is 9.69 Å². The fraction of sp³-hybridized carbons (Fsp3) is 0.316. The fourth-order valence-electron chi connectivity index (χ4n) is 3.20. The Hall–Kier alpha value is -1.93. The fourth-order valence-corrected chi connectivity index (χ4v) is 4.65. The standard InChI is InChI=1S/C19H18Cl2N4O2S/c20-15-11-14(17(21)28-15)19(26)25-8-4-7-24(9-10-25)12-16-22-18(27-23-16)13-5-2-1-3-6-13/h1-3,5-6,11H,4,7-10,12H2. The molecule has 0 atom stereocenters. The van der Waals surface area contributed by atoms with E-state index in [1.807, 2.05) is 35.2 Å². The Morgan fingerprint density at radius 1 is 1.14 bits per heavy atom. The number of carbonyl (C=O) groups is 1. The lowest BCUT2D eigenvalue weighted by Crippen LogP contribution is -2.35. The lowest BCUT2D eigenvalue weighted by molar-refractivity contribution is 0.0761. The normalized spacial score (nSPS) is 15.6. The van der Waals surface area contributed by atoms with Crippen LogP contribution in [0.2, 0.25) is 8.67 Å². The molecule has 0 aliphatic carbocycles. The van der Waals surface area contributed by atoms with Crippen LogP contribution < -0.4 is 0 Å². The number of amides is 1. The number of halogens is 2. The lowest BCUT2D eigenvalue weighted by Gasteiger charge is -2.21. The van der Waals surface area contributed by atoms with Gasteiger partial charge in [-0.15, -0.1) is 11.3 Å². The van der Waals surface area contributed by atoms with E-state index in [0.717, 1.165) is 25.1 Å². The van der Waals surface area contributed by atoms with Crippen molar-refractivity contribution in [2.75, 3.05) is 26.2 Å². The van der Waals surface area contributed by atoms with Gasteiger partial charge in [0.25, 0.3) is 11.8 Å². The van der Waals surface area contributed by atoms with Gasteiger partial charge in [0.15, 0.2) is 5.82 Å².